The molecule has 2 aromatic rings. The number of anilines is 1. The molecular weight excluding hydrogens is 340 g/mol. The van der Waals surface area contributed by atoms with Crippen molar-refractivity contribution in [1.82, 2.24) is 4.98 Å². The number of urea groups is 1. The van der Waals surface area contributed by atoms with Crippen molar-refractivity contribution in [2.75, 3.05) is 12.4 Å². The van der Waals surface area contributed by atoms with E-state index in [0.29, 0.717) is 11.3 Å². The van der Waals surface area contributed by atoms with Crippen LogP contribution in [0.25, 0.3) is 0 Å². The quantitative estimate of drug-likeness (QED) is 0.565. The number of aliphatic imine (C=N–C) groups is 1. The van der Waals surface area contributed by atoms with Crippen LogP contribution in [-0.2, 0) is 4.74 Å². The van der Waals surface area contributed by atoms with Crippen LogP contribution in [0, 0.1) is 18.3 Å². The number of carbonyl (C=O) groups excluding carboxylic acids is 2. The van der Waals surface area contributed by atoms with Gasteiger partial charge in [-0.1, -0.05) is 0 Å². The maximum atomic E-state index is 11.9. The van der Waals surface area contributed by atoms with Crippen LogP contribution in [0.3, 0.4) is 0 Å². The number of amides is 2. The first-order valence-electron chi connectivity index (χ1n) is 7.26. The van der Waals surface area contributed by atoms with Crippen LogP contribution in [-0.4, -0.2) is 35.4 Å². The van der Waals surface area contributed by atoms with Gasteiger partial charge in [0.05, 0.1) is 18.2 Å². The summed E-state index contributed by atoms with van der Waals surface area (Å²) in [7, 11) is 1.26. The van der Waals surface area contributed by atoms with Gasteiger partial charge in [0.25, 0.3) is 5.56 Å². The number of methoxy groups -OCH3 is 1. The SMILES string of the molecule is COC(=O)c1ccc(NC(=O)N=Cc2c(O)[nH]c(=O)c(C#N)c2C)cc1. The standard InChI is InChI=1S/C17H14N4O5/c1-9-12(7-18)14(22)21-15(23)13(9)8-19-17(25)20-11-5-3-10(4-6-11)16(24)26-2/h3-6,8H,1-2H3,(H,20,25)(H2,21,22,23). The number of benzene rings is 1. The number of nitrogens with zero attached hydrogens (tertiary/aromatic N) is 2. The van der Waals surface area contributed by atoms with E-state index in [1.165, 1.54) is 38.3 Å². The molecule has 0 aliphatic heterocycles. The van der Waals surface area contributed by atoms with Crippen LogP contribution in [0.15, 0.2) is 34.1 Å². The molecule has 1 aromatic heterocycles. The van der Waals surface area contributed by atoms with E-state index in [9.17, 15) is 19.5 Å². The molecule has 132 valence electrons. The lowest BCUT2D eigenvalue weighted by Crippen LogP contribution is -2.14. The van der Waals surface area contributed by atoms with Gasteiger partial charge in [-0.2, -0.15) is 5.26 Å². The Kier molecular flexibility index (Phi) is 5.49. The smallest absolute Gasteiger partial charge is 0.345 e. The molecule has 0 fully saturated rings. The van der Waals surface area contributed by atoms with E-state index in [0.717, 1.165) is 6.21 Å². The largest absolute Gasteiger partial charge is 0.494 e. The lowest BCUT2D eigenvalue weighted by atomic mass is 10.1. The number of carbonyl (C=O) groups is 2. The van der Waals surface area contributed by atoms with Crippen LogP contribution < -0.4 is 10.9 Å². The van der Waals surface area contributed by atoms with Gasteiger partial charge >= 0.3 is 12.0 Å². The Morgan fingerprint density at radius 3 is 2.58 bits per heavy atom. The molecule has 9 heteroatoms. The van der Waals surface area contributed by atoms with Gasteiger partial charge in [-0.05, 0) is 36.8 Å². The minimum absolute atomic E-state index is 0.0531. The maximum Gasteiger partial charge on any atom is 0.345 e. The van der Waals surface area contributed by atoms with Crippen molar-refractivity contribution >= 4 is 23.9 Å². The number of nitrogens with one attached hydrogen (secondary N) is 2. The van der Waals surface area contributed by atoms with Gasteiger partial charge in [0.2, 0.25) is 5.88 Å². The fourth-order valence-corrected chi connectivity index (χ4v) is 2.10. The van der Waals surface area contributed by atoms with Crippen molar-refractivity contribution in [2.24, 2.45) is 4.99 Å². The van der Waals surface area contributed by atoms with Gasteiger partial charge < -0.3 is 15.2 Å². The molecule has 0 unspecified atom stereocenters. The molecule has 3 N–H and O–H groups in total. The van der Waals surface area contributed by atoms with E-state index in [-0.39, 0.29) is 16.7 Å². The zero-order valence-electron chi connectivity index (χ0n) is 13.9. The Morgan fingerprint density at radius 2 is 2.00 bits per heavy atom. The molecule has 0 atom stereocenters. The molecular formula is C17H14N4O5. The van der Waals surface area contributed by atoms with Crippen LogP contribution in [0.5, 0.6) is 5.88 Å². The highest BCUT2D eigenvalue weighted by Gasteiger charge is 2.13. The van der Waals surface area contributed by atoms with Gasteiger partial charge in [0.15, 0.2) is 0 Å². The van der Waals surface area contributed by atoms with E-state index in [1.807, 2.05) is 0 Å². The second kappa shape index (κ2) is 7.76. The van der Waals surface area contributed by atoms with E-state index in [2.05, 4.69) is 20.0 Å². The Morgan fingerprint density at radius 1 is 1.35 bits per heavy atom. The monoisotopic (exact) mass is 354 g/mol. The van der Waals surface area contributed by atoms with E-state index < -0.39 is 23.4 Å². The number of aromatic amines is 1. The summed E-state index contributed by atoms with van der Waals surface area (Å²) in [5.74, 6) is -0.997. The number of hydrogen-bond acceptors (Lipinski definition) is 6. The molecule has 26 heavy (non-hydrogen) atoms. The number of esters is 1. The van der Waals surface area contributed by atoms with Gasteiger partial charge in [0, 0.05) is 11.9 Å². The number of hydrogen-bond donors (Lipinski definition) is 3. The normalized spacial score (nSPS) is 10.3. The number of pyridine rings is 1. The molecule has 9 nitrogen and oxygen atoms in total. The van der Waals surface area contributed by atoms with Gasteiger partial charge in [-0.15, -0.1) is 0 Å². The molecule has 0 aliphatic carbocycles. The molecule has 2 rings (SSSR count). The topological polar surface area (TPSA) is 145 Å². The van der Waals surface area contributed by atoms with Crippen LogP contribution >= 0.6 is 0 Å². The summed E-state index contributed by atoms with van der Waals surface area (Å²) in [6.45, 7) is 1.46. The number of rotatable bonds is 3. The second-order valence-electron chi connectivity index (χ2n) is 5.09. The summed E-state index contributed by atoms with van der Waals surface area (Å²) in [5, 5.41) is 21.2. The zero-order chi connectivity index (χ0) is 19.3. The summed E-state index contributed by atoms with van der Waals surface area (Å²) in [5.41, 5.74) is 0.0645. The van der Waals surface area contributed by atoms with Crippen LogP contribution in [0.1, 0.15) is 27.0 Å². The Balaban J connectivity index is 2.17. The Hall–Kier alpha value is -3.93. The predicted molar refractivity (Wildman–Crippen MR) is 92.6 cm³/mol. The average molecular weight is 354 g/mol. The number of aromatic hydroxyl groups is 1. The number of nitriles is 1. The maximum absolute atomic E-state index is 11.9. The van der Waals surface area contributed by atoms with Crippen molar-refractivity contribution in [2.45, 2.75) is 6.92 Å². The third-order valence-electron chi connectivity index (χ3n) is 3.47. The number of H-pyrrole nitrogens is 1. The van der Waals surface area contributed by atoms with E-state index in [1.54, 1.807) is 6.07 Å². The highest BCUT2D eigenvalue weighted by atomic mass is 16.5. The van der Waals surface area contributed by atoms with E-state index >= 15 is 0 Å². The first-order chi connectivity index (χ1) is 12.4. The molecule has 1 aromatic carbocycles. The molecule has 0 aliphatic rings. The number of aromatic nitrogens is 1. The Bertz CT molecular complexity index is 984. The fraction of sp³-hybridized carbons (Fsp3) is 0.118. The molecule has 1 heterocycles. The van der Waals surface area contributed by atoms with Crippen molar-refractivity contribution in [3.8, 4) is 11.9 Å². The molecule has 0 bridgehead atoms. The first-order valence-corrected chi connectivity index (χ1v) is 7.26. The summed E-state index contributed by atoms with van der Waals surface area (Å²) in [4.78, 5) is 40.5. The third-order valence-corrected chi connectivity index (χ3v) is 3.47. The first kappa shape index (κ1) is 18.4. The molecule has 0 radical (unpaired) electrons. The van der Waals surface area contributed by atoms with Crippen molar-refractivity contribution in [1.29, 1.82) is 5.26 Å². The molecule has 0 saturated carbocycles. The second-order valence-corrected chi connectivity index (χ2v) is 5.09. The highest BCUT2D eigenvalue weighted by molar-refractivity contribution is 5.99. The summed E-state index contributed by atoms with van der Waals surface area (Å²) >= 11 is 0. The predicted octanol–water partition coefficient (Wildman–Crippen LogP) is 1.70. The molecule has 0 saturated heterocycles. The third kappa shape index (κ3) is 3.93. The Labute approximate surface area is 147 Å². The van der Waals surface area contributed by atoms with Crippen molar-refractivity contribution in [3.63, 3.8) is 0 Å². The zero-order valence-corrected chi connectivity index (χ0v) is 13.9. The van der Waals surface area contributed by atoms with Crippen molar-refractivity contribution < 1.29 is 19.4 Å². The van der Waals surface area contributed by atoms with Crippen LogP contribution in [0.2, 0.25) is 0 Å². The summed E-state index contributed by atoms with van der Waals surface area (Å²) in [6, 6.07) is 6.91. The highest BCUT2D eigenvalue weighted by Crippen LogP contribution is 2.16. The average Bonchev–Trinajstić information content (AvgIpc) is 2.61. The minimum atomic E-state index is -0.751. The van der Waals surface area contributed by atoms with Gasteiger partial charge in [-0.25, -0.2) is 14.6 Å². The summed E-state index contributed by atoms with van der Waals surface area (Å²) < 4.78 is 4.57. The van der Waals surface area contributed by atoms with Gasteiger partial charge in [0.1, 0.15) is 11.6 Å². The van der Waals surface area contributed by atoms with Gasteiger partial charge in [-0.3, -0.25) is 9.78 Å². The number of ether oxygens (including phenoxy) is 1. The van der Waals surface area contributed by atoms with Crippen LogP contribution in [0.4, 0.5) is 10.5 Å². The molecule has 0 spiro atoms. The molecule has 2 amide bonds. The fourth-order valence-electron chi connectivity index (χ4n) is 2.10. The summed E-state index contributed by atoms with van der Waals surface area (Å²) in [6.07, 6.45) is 1.04. The lowest BCUT2D eigenvalue weighted by molar-refractivity contribution is 0.0600. The van der Waals surface area contributed by atoms with Crippen molar-refractivity contribution in [3.05, 3.63) is 56.9 Å². The lowest BCUT2D eigenvalue weighted by Gasteiger charge is -2.05. The van der Waals surface area contributed by atoms with E-state index in [4.69, 9.17) is 5.26 Å². The minimum Gasteiger partial charge on any atom is -0.494 e.